The van der Waals surface area contributed by atoms with Crippen LogP contribution in [-0.4, -0.2) is 30.3 Å². The van der Waals surface area contributed by atoms with Gasteiger partial charge in [-0.1, -0.05) is 6.92 Å². The maximum atomic E-state index is 11.7. The molecule has 0 radical (unpaired) electrons. The third kappa shape index (κ3) is 6.24. The van der Waals surface area contributed by atoms with Crippen LogP contribution >= 0.6 is 0 Å². The summed E-state index contributed by atoms with van der Waals surface area (Å²) in [4.78, 5) is 11.7. The predicted octanol–water partition coefficient (Wildman–Crippen LogP) is 2.82. The molecule has 2 N–H and O–H groups in total. The summed E-state index contributed by atoms with van der Waals surface area (Å²) < 4.78 is 5.29. The van der Waals surface area contributed by atoms with Crippen LogP contribution in [-0.2, 0) is 4.74 Å². The first-order chi connectivity index (χ1) is 8.40. The van der Waals surface area contributed by atoms with Gasteiger partial charge in [0.1, 0.15) is 5.60 Å². The minimum atomic E-state index is -0.418. The van der Waals surface area contributed by atoms with E-state index in [1.54, 1.807) is 0 Å². The van der Waals surface area contributed by atoms with E-state index in [1.165, 1.54) is 12.8 Å². The lowest BCUT2D eigenvalue weighted by Gasteiger charge is -2.31. The van der Waals surface area contributed by atoms with Crippen molar-refractivity contribution in [3.63, 3.8) is 0 Å². The molecule has 0 bridgehead atoms. The topological polar surface area (TPSA) is 50.4 Å². The molecule has 4 heteroatoms. The van der Waals surface area contributed by atoms with Crippen LogP contribution in [0.4, 0.5) is 4.79 Å². The normalized spacial score (nSPS) is 24.7. The van der Waals surface area contributed by atoms with Crippen LogP contribution in [0, 0.1) is 0 Å². The molecule has 0 aromatic rings. The van der Waals surface area contributed by atoms with Gasteiger partial charge in [0.25, 0.3) is 0 Å². The van der Waals surface area contributed by atoms with Gasteiger partial charge in [-0.05, 0) is 59.4 Å². The molecular formula is C14H28N2O2. The Kier molecular flexibility index (Phi) is 5.93. The highest BCUT2D eigenvalue weighted by atomic mass is 16.6. The highest BCUT2D eigenvalue weighted by Gasteiger charge is 2.24. The lowest BCUT2D eigenvalue weighted by Crippen LogP contribution is -2.45. The van der Waals surface area contributed by atoms with Crippen molar-refractivity contribution in [1.82, 2.24) is 10.6 Å². The average molecular weight is 256 g/mol. The van der Waals surface area contributed by atoms with E-state index in [0.717, 1.165) is 25.8 Å². The highest BCUT2D eigenvalue weighted by molar-refractivity contribution is 5.68. The predicted molar refractivity (Wildman–Crippen MR) is 73.7 cm³/mol. The van der Waals surface area contributed by atoms with Gasteiger partial charge in [0, 0.05) is 12.1 Å². The van der Waals surface area contributed by atoms with Gasteiger partial charge in [-0.2, -0.15) is 0 Å². The summed E-state index contributed by atoms with van der Waals surface area (Å²) in [6, 6.07) is 0.793. The Morgan fingerprint density at radius 1 is 1.28 bits per heavy atom. The van der Waals surface area contributed by atoms with Crippen LogP contribution in [0.2, 0.25) is 0 Å². The molecule has 1 fully saturated rings. The summed E-state index contributed by atoms with van der Waals surface area (Å²) in [6.45, 7) is 8.90. The standard InChI is InChI=1S/C14H28N2O2/c1-5-9-15-11-7-6-8-12(10-11)16-13(17)18-14(2,3)4/h11-12,15H,5-10H2,1-4H3,(H,16,17). The fraction of sp³-hybridized carbons (Fsp3) is 0.929. The van der Waals surface area contributed by atoms with Gasteiger partial charge in [-0.3, -0.25) is 0 Å². The lowest BCUT2D eigenvalue weighted by molar-refractivity contribution is 0.0488. The third-order valence-corrected chi connectivity index (χ3v) is 3.08. The Morgan fingerprint density at radius 3 is 2.56 bits per heavy atom. The number of hydrogen-bond acceptors (Lipinski definition) is 3. The Bertz CT molecular complexity index is 261. The first kappa shape index (κ1) is 15.3. The zero-order valence-corrected chi connectivity index (χ0v) is 12.2. The molecule has 0 heterocycles. The van der Waals surface area contributed by atoms with Crippen LogP contribution in [0.3, 0.4) is 0 Å². The molecule has 1 aliphatic carbocycles. The zero-order chi connectivity index (χ0) is 13.6. The molecule has 1 amide bonds. The number of carbonyl (C=O) groups excluding carboxylic acids is 1. The smallest absolute Gasteiger partial charge is 0.407 e. The van der Waals surface area contributed by atoms with Crippen LogP contribution < -0.4 is 10.6 Å². The van der Waals surface area contributed by atoms with Gasteiger partial charge in [0.15, 0.2) is 0 Å². The maximum Gasteiger partial charge on any atom is 0.407 e. The summed E-state index contributed by atoms with van der Waals surface area (Å²) in [7, 11) is 0. The number of alkyl carbamates (subject to hydrolysis) is 1. The number of carbonyl (C=O) groups is 1. The van der Waals surface area contributed by atoms with E-state index in [1.807, 2.05) is 20.8 Å². The van der Waals surface area contributed by atoms with Crippen LogP contribution in [0.15, 0.2) is 0 Å². The molecule has 4 nitrogen and oxygen atoms in total. The van der Waals surface area contributed by atoms with Crippen molar-refractivity contribution in [3.05, 3.63) is 0 Å². The van der Waals surface area contributed by atoms with Crippen molar-refractivity contribution in [1.29, 1.82) is 0 Å². The molecule has 0 saturated heterocycles. The minimum Gasteiger partial charge on any atom is -0.444 e. The molecule has 1 rings (SSSR count). The van der Waals surface area contributed by atoms with E-state index in [0.29, 0.717) is 6.04 Å². The van der Waals surface area contributed by atoms with Crippen molar-refractivity contribution in [2.75, 3.05) is 6.54 Å². The van der Waals surface area contributed by atoms with Crippen molar-refractivity contribution in [2.24, 2.45) is 0 Å². The molecule has 18 heavy (non-hydrogen) atoms. The van der Waals surface area contributed by atoms with Gasteiger partial charge >= 0.3 is 6.09 Å². The zero-order valence-electron chi connectivity index (χ0n) is 12.2. The van der Waals surface area contributed by atoms with Crippen LogP contribution in [0.1, 0.15) is 59.8 Å². The van der Waals surface area contributed by atoms with Gasteiger partial charge in [0.05, 0.1) is 0 Å². The second-order valence-corrected chi connectivity index (χ2v) is 6.16. The lowest BCUT2D eigenvalue weighted by atomic mass is 9.91. The minimum absolute atomic E-state index is 0.253. The van der Waals surface area contributed by atoms with Gasteiger partial charge in [0.2, 0.25) is 0 Å². The van der Waals surface area contributed by atoms with Crippen LogP contribution in [0.25, 0.3) is 0 Å². The number of amides is 1. The Morgan fingerprint density at radius 2 is 1.94 bits per heavy atom. The average Bonchev–Trinajstić information content (AvgIpc) is 2.24. The van der Waals surface area contributed by atoms with Crippen LogP contribution in [0.5, 0.6) is 0 Å². The molecule has 0 aromatic carbocycles. The van der Waals surface area contributed by atoms with E-state index in [4.69, 9.17) is 4.74 Å². The number of nitrogens with one attached hydrogen (secondary N) is 2. The molecule has 0 aliphatic heterocycles. The highest BCUT2D eigenvalue weighted by Crippen LogP contribution is 2.19. The van der Waals surface area contributed by atoms with Gasteiger partial charge in [-0.15, -0.1) is 0 Å². The maximum absolute atomic E-state index is 11.7. The Balaban J connectivity index is 2.31. The SMILES string of the molecule is CCCNC1CCCC(NC(=O)OC(C)(C)C)C1. The van der Waals surface area contributed by atoms with E-state index >= 15 is 0 Å². The van der Waals surface area contributed by atoms with E-state index < -0.39 is 5.60 Å². The quantitative estimate of drug-likeness (QED) is 0.813. The Hall–Kier alpha value is -0.770. The fourth-order valence-corrected chi connectivity index (χ4v) is 2.33. The monoisotopic (exact) mass is 256 g/mol. The summed E-state index contributed by atoms with van der Waals surface area (Å²) in [5.41, 5.74) is -0.418. The summed E-state index contributed by atoms with van der Waals surface area (Å²) in [5, 5.41) is 6.51. The molecule has 0 spiro atoms. The second kappa shape index (κ2) is 6.98. The van der Waals surface area contributed by atoms with Gasteiger partial charge < -0.3 is 15.4 Å². The van der Waals surface area contributed by atoms with Crippen molar-refractivity contribution in [2.45, 2.75) is 77.5 Å². The second-order valence-electron chi connectivity index (χ2n) is 6.16. The fourth-order valence-electron chi connectivity index (χ4n) is 2.33. The molecule has 1 saturated carbocycles. The Labute approximate surface area is 111 Å². The molecule has 0 aromatic heterocycles. The van der Waals surface area contributed by atoms with Crippen molar-refractivity contribution >= 4 is 6.09 Å². The first-order valence-electron chi connectivity index (χ1n) is 7.13. The third-order valence-electron chi connectivity index (χ3n) is 3.08. The summed E-state index contributed by atoms with van der Waals surface area (Å²) in [5.74, 6) is 0. The largest absolute Gasteiger partial charge is 0.444 e. The van der Waals surface area contributed by atoms with Crippen molar-refractivity contribution in [3.8, 4) is 0 Å². The molecular weight excluding hydrogens is 228 g/mol. The summed E-state index contributed by atoms with van der Waals surface area (Å²) in [6.07, 6.45) is 5.32. The van der Waals surface area contributed by atoms with Gasteiger partial charge in [-0.25, -0.2) is 4.79 Å². The van der Waals surface area contributed by atoms with E-state index in [9.17, 15) is 4.79 Å². The number of hydrogen-bond donors (Lipinski definition) is 2. The molecule has 106 valence electrons. The summed E-state index contributed by atoms with van der Waals surface area (Å²) >= 11 is 0. The molecule has 2 unspecified atom stereocenters. The number of rotatable bonds is 4. The van der Waals surface area contributed by atoms with Crippen molar-refractivity contribution < 1.29 is 9.53 Å². The van der Waals surface area contributed by atoms with E-state index in [2.05, 4.69) is 17.6 Å². The molecule has 1 aliphatic rings. The number of ether oxygens (including phenoxy) is 1. The van der Waals surface area contributed by atoms with E-state index in [-0.39, 0.29) is 12.1 Å². The first-order valence-corrected chi connectivity index (χ1v) is 7.13. The molecule has 2 atom stereocenters.